The third-order valence-corrected chi connectivity index (χ3v) is 1.51. The van der Waals surface area contributed by atoms with Crippen molar-refractivity contribution < 1.29 is 10.2 Å². The summed E-state index contributed by atoms with van der Waals surface area (Å²) in [5, 5.41) is 17.6. The molecule has 0 heterocycles. The van der Waals surface area contributed by atoms with Crippen molar-refractivity contribution in [3.8, 4) is 0 Å². The minimum Gasteiger partial charge on any atom is -0.396 e. The molecule has 0 rings (SSSR count). The Morgan fingerprint density at radius 2 is 2.20 bits per heavy atom. The van der Waals surface area contributed by atoms with Gasteiger partial charge in [0.05, 0.1) is 6.10 Å². The Morgan fingerprint density at radius 1 is 1.60 bits per heavy atom. The predicted molar refractivity (Wildman–Crippen MR) is 41.7 cm³/mol. The average molecular weight is 144 g/mol. The Kier molecular flexibility index (Phi) is 5.26. The molecule has 60 valence electrons. The van der Waals surface area contributed by atoms with E-state index >= 15 is 0 Å². The number of hydrogen-bond donors (Lipinski definition) is 2. The van der Waals surface area contributed by atoms with E-state index in [-0.39, 0.29) is 12.7 Å². The van der Waals surface area contributed by atoms with Gasteiger partial charge in [0, 0.05) is 6.61 Å². The van der Waals surface area contributed by atoms with Gasteiger partial charge in [-0.3, -0.25) is 0 Å². The summed E-state index contributed by atoms with van der Waals surface area (Å²) in [6.07, 6.45) is 2.60. The first-order valence-electron chi connectivity index (χ1n) is 3.62. The van der Waals surface area contributed by atoms with Crippen molar-refractivity contribution in [2.75, 3.05) is 6.61 Å². The van der Waals surface area contributed by atoms with Gasteiger partial charge in [-0.2, -0.15) is 0 Å². The average Bonchev–Trinajstić information content (AvgIpc) is 1.88. The van der Waals surface area contributed by atoms with Crippen molar-refractivity contribution in [3.05, 3.63) is 12.7 Å². The van der Waals surface area contributed by atoms with Crippen molar-refractivity contribution in [1.82, 2.24) is 0 Å². The molecule has 2 heteroatoms. The molecule has 0 aromatic carbocycles. The summed E-state index contributed by atoms with van der Waals surface area (Å²) in [5.74, 6) is 0.335. The first-order chi connectivity index (χ1) is 4.70. The number of allylic oxidation sites excluding steroid dienone is 1. The van der Waals surface area contributed by atoms with Crippen LogP contribution < -0.4 is 0 Å². The lowest BCUT2D eigenvalue weighted by Crippen LogP contribution is -2.11. The molecule has 0 aliphatic carbocycles. The van der Waals surface area contributed by atoms with Crippen LogP contribution in [0, 0.1) is 5.92 Å². The number of rotatable bonds is 5. The Hall–Kier alpha value is -0.340. The Morgan fingerprint density at radius 3 is 2.60 bits per heavy atom. The van der Waals surface area contributed by atoms with Crippen LogP contribution in [0.1, 0.15) is 19.8 Å². The number of hydrogen-bond acceptors (Lipinski definition) is 2. The van der Waals surface area contributed by atoms with Gasteiger partial charge >= 0.3 is 0 Å². The van der Waals surface area contributed by atoms with Crippen LogP contribution in [0.3, 0.4) is 0 Å². The molecule has 0 fully saturated rings. The summed E-state index contributed by atoms with van der Waals surface area (Å²) in [4.78, 5) is 0. The number of aliphatic hydroxyl groups is 2. The largest absolute Gasteiger partial charge is 0.396 e. The van der Waals surface area contributed by atoms with Crippen LogP contribution in [0.2, 0.25) is 0 Å². The van der Waals surface area contributed by atoms with Crippen LogP contribution in [0.25, 0.3) is 0 Å². The van der Waals surface area contributed by atoms with E-state index in [0.29, 0.717) is 18.8 Å². The minimum absolute atomic E-state index is 0.0605. The van der Waals surface area contributed by atoms with Crippen LogP contribution in [0.4, 0.5) is 0 Å². The van der Waals surface area contributed by atoms with Gasteiger partial charge < -0.3 is 10.2 Å². The van der Waals surface area contributed by atoms with E-state index in [1.165, 1.54) is 0 Å². The Bertz CT molecular complexity index is 91.3. The number of aliphatic hydroxyl groups excluding tert-OH is 2. The van der Waals surface area contributed by atoms with Crippen molar-refractivity contribution in [1.29, 1.82) is 0 Å². The molecule has 0 aliphatic rings. The molecule has 2 nitrogen and oxygen atoms in total. The molecule has 0 amide bonds. The highest BCUT2D eigenvalue weighted by Crippen LogP contribution is 2.08. The molecule has 0 aromatic heterocycles. The van der Waals surface area contributed by atoms with Crippen LogP contribution in [0.5, 0.6) is 0 Å². The van der Waals surface area contributed by atoms with Crippen molar-refractivity contribution >= 4 is 0 Å². The first-order valence-corrected chi connectivity index (χ1v) is 3.62. The van der Waals surface area contributed by atoms with E-state index < -0.39 is 0 Å². The summed E-state index contributed by atoms with van der Waals surface area (Å²) in [5.41, 5.74) is 0. The minimum atomic E-state index is -0.377. The SMILES string of the molecule is C=CC(C)CC(O)CCO. The quantitative estimate of drug-likeness (QED) is 0.564. The molecule has 2 unspecified atom stereocenters. The standard InChI is InChI=1S/C8H16O2/c1-3-7(2)6-8(10)4-5-9/h3,7-10H,1,4-6H2,2H3. The maximum atomic E-state index is 9.14. The van der Waals surface area contributed by atoms with Gasteiger partial charge in [-0.05, 0) is 18.8 Å². The molecular weight excluding hydrogens is 128 g/mol. The van der Waals surface area contributed by atoms with Gasteiger partial charge in [-0.15, -0.1) is 6.58 Å². The zero-order valence-corrected chi connectivity index (χ0v) is 6.45. The summed E-state index contributed by atoms with van der Waals surface area (Å²) < 4.78 is 0. The van der Waals surface area contributed by atoms with Crippen LogP contribution >= 0.6 is 0 Å². The maximum absolute atomic E-state index is 9.14. The fourth-order valence-electron chi connectivity index (χ4n) is 0.792. The normalized spacial score (nSPS) is 16.3. The van der Waals surface area contributed by atoms with Gasteiger partial charge in [0.2, 0.25) is 0 Å². The Balaban J connectivity index is 3.36. The topological polar surface area (TPSA) is 40.5 Å². The highest BCUT2D eigenvalue weighted by atomic mass is 16.3. The maximum Gasteiger partial charge on any atom is 0.0567 e. The van der Waals surface area contributed by atoms with E-state index in [4.69, 9.17) is 10.2 Å². The van der Waals surface area contributed by atoms with Gasteiger partial charge in [0.25, 0.3) is 0 Å². The van der Waals surface area contributed by atoms with Crippen molar-refractivity contribution in [2.45, 2.75) is 25.9 Å². The first kappa shape index (κ1) is 9.66. The molecule has 10 heavy (non-hydrogen) atoms. The van der Waals surface area contributed by atoms with E-state index in [1.807, 2.05) is 6.92 Å². The molecule has 0 saturated carbocycles. The molecule has 0 radical (unpaired) electrons. The zero-order valence-electron chi connectivity index (χ0n) is 6.45. The van der Waals surface area contributed by atoms with E-state index in [2.05, 4.69) is 6.58 Å². The van der Waals surface area contributed by atoms with Crippen molar-refractivity contribution in [3.63, 3.8) is 0 Å². The van der Waals surface area contributed by atoms with Gasteiger partial charge in [-0.25, -0.2) is 0 Å². The third kappa shape index (κ3) is 4.53. The van der Waals surface area contributed by atoms with Crippen LogP contribution in [-0.4, -0.2) is 22.9 Å². The highest BCUT2D eigenvalue weighted by molar-refractivity contribution is 4.77. The Labute approximate surface area is 62.2 Å². The molecular formula is C8H16O2. The molecule has 2 atom stereocenters. The lowest BCUT2D eigenvalue weighted by molar-refractivity contribution is 0.116. The zero-order chi connectivity index (χ0) is 7.98. The third-order valence-electron chi connectivity index (χ3n) is 1.51. The second kappa shape index (κ2) is 5.45. The molecule has 0 saturated heterocycles. The smallest absolute Gasteiger partial charge is 0.0567 e. The lowest BCUT2D eigenvalue weighted by atomic mass is 10.0. The highest BCUT2D eigenvalue weighted by Gasteiger charge is 2.05. The molecule has 0 bridgehead atoms. The fraction of sp³-hybridized carbons (Fsp3) is 0.750. The summed E-state index contributed by atoms with van der Waals surface area (Å²) in [6.45, 7) is 5.65. The van der Waals surface area contributed by atoms with Crippen LogP contribution in [-0.2, 0) is 0 Å². The fourth-order valence-corrected chi connectivity index (χ4v) is 0.792. The molecule has 0 aliphatic heterocycles. The van der Waals surface area contributed by atoms with Gasteiger partial charge in [-0.1, -0.05) is 13.0 Å². The van der Waals surface area contributed by atoms with Crippen molar-refractivity contribution in [2.24, 2.45) is 5.92 Å². The second-order valence-electron chi connectivity index (χ2n) is 2.61. The predicted octanol–water partition coefficient (Wildman–Crippen LogP) is 0.942. The van der Waals surface area contributed by atoms with Crippen LogP contribution in [0.15, 0.2) is 12.7 Å². The van der Waals surface area contributed by atoms with Gasteiger partial charge in [0.1, 0.15) is 0 Å². The summed E-state index contributed by atoms with van der Waals surface area (Å²) in [6, 6.07) is 0. The monoisotopic (exact) mass is 144 g/mol. The second-order valence-corrected chi connectivity index (χ2v) is 2.61. The summed E-state index contributed by atoms with van der Waals surface area (Å²) in [7, 11) is 0. The lowest BCUT2D eigenvalue weighted by Gasteiger charge is -2.11. The summed E-state index contributed by atoms with van der Waals surface area (Å²) >= 11 is 0. The molecule has 0 spiro atoms. The van der Waals surface area contributed by atoms with E-state index in [9.17, 15) is 0 Å². The van der Waals surface area contributed by atoms with E-state index in [0.717, 1.165) is 0 Å². The molecule has 2 N–H and O–H groups in total. The van der Waals surface area contributed by atoms with E-state index in [1.54, 1.807) is 6.08 Å². The van der Waals surface area contributed by atoms with Gasteiger partial charge in [0.15, 0.2) is 0 Å². The molecule has 0 aromatic rings.